The number of halogens is 3. The molecule has 0 radical (unpaired) electrons. The highest BCUT2D eigenvalue weighted by atomic mass is 19.4. The van der Waals surface area contributed by atoms with Crippen LogP contribution < -0.4 is 5.32 Å². The van der Waals surface area contributed by atoms with Gasteiger partial charge in [-0.25, -0.2) is 9.97 Å². The van der Waals surface area contributed by atoms with Crippen molar-refractivity contribution in [2.24, 2.45) is 11.3 Å². The molecule has 1 aromatic heterocycles. The molecule has 1 saturated heterocycles. The number of rotatable bonds is 2. The predicted octanol–water partition coefficient (Wildman–Crippen LogP) is 2.00. The Bertz CT molecular complexity index is 544. The van der Waals surface area contributed by atoms with E-state index in [0.29, 0.717) is 11.5 Å². The molecule has 1 aliphatic heterocycles. The Morgan fingerprint density at radius 3 is 2.60 bits per heavy atom. The number of aromatic nitrogens is 2. The van der Waals surface area contributed by atoms with Gasteiger partial charge in [-0.3, -0.25) is 0 Å². The maximum absolute atomic E-state index is 12.4. The van der Waals surface area contributed by atoms with E-state index in [0.717, 1.165) is 31.3 Å². The van der Waals surface area contributed by atoms with Crippen molar-refractivity contribution in [1.82, 2.24) is 14.9 Å². The van der Waals surface area contributed by atoms with Crippen LogP contribution in [0.15, 0.2) is 12.4 Å². The van der Waals surface area contributed by atoms with Crippen molar-refractivity contribution in [1.29, 1.82) is 0 Å². The lowest BCUT2D eigenvalue weighted by atomic mass is 9.71. The van der Waals surface area contributed by atoms with Crippen LogP contribution in [0.2, 0.25) is 0 Å². The lowest BCUT2D eigenvalue weighted by Crippen LogP contribution is -2.57. The van der Waals surface area contributed by atoms with E-state index < -0.39 is 11.7 Å². The lowest BCUT2D eigenvalue weighted by molar-refractivity contribution is -0.138. The molecular weight excluding hydrogens is 269 g/mol. The standard InChI is InChI=1S/C13H15F3N4/c1-20-6-7-2-12(7)3-9(10(12)20)19-11-17-4-8(5-18-11)13(14,15)16/h4-5,7,9-10H,2-3,6H2,1H3,(H,17,18,19). The number of nitrogens with zero attached hydrogens (tertiary/aromatic N) is 3. The number of anilines is 1. The second-order valence-electron chi connectivity index (χ2n) is 6.27. The quantitative estimate of drug-likeness (QED) is 0.902. The van der Waals surface area contributed by atoms with Gasteiger partial charge in [0.25, 0.3) is 0 Å². The van der Waals surface area contributed by atoms with E-state index >= 15 is 0 Å². The summed E-state index contributed by atoms with van der Waals surface area (Å²) in [6.45, 7) is 1.14. The molecule has 3 fully saturated rings. The molecule has 0 amide bonds. The van der Waals surface area contributed by atoms with Gasteiger partial charge in [0.2, 0.25) is 5.95 Å². The van der Waals surface area contributed by atoms with E-state index in [1.807, 2.05) is 0 Å². The minimum absolute atomic E-state index is 0.254. The molecule has 3 aliphatic rings. The summed E-state index contributed by atoms with van der Waals surface area (Å²) in [6.07, 6.45) is -0.332. The van der Waals surface area contributed by atoms with Crippen molar-refractivity contribution in [3.8, 4) is 0 Å². The lowest BCUT2D eigenvalue weighted by Gasteiger charge is -2.47. The second kappa shape index (κ2) is 3.63. The first-order valence-electron chi connectivity index (χ1n) is 6.76. The monoisotopic (exact) mass is 284 g/mol. The third-order valence-corrected chi connectivity index (χ3v) is 5.13. The van der Waals surface area contributed by atoms with Gasteiger partial charge < -0.3 is 10.2 Å². The van der Waals surface area contributed by atoms with Crippen molar-refractivity contribution < 1.29 is 13.2 Å². The maximum atomic E-state index is 12.4. The fraction of sp³-hybridized carbons (Fsp3) is 0.692. The molecule has 7 heteroatoms. The highest BCUT2D eigenvalue weighted by molar-refractivity contribution is 5.36. The predicted molar refractivity (Wildman–Crippen MR) is 66.0 cm³/mol. The van der Waals surface area contributed by atoms with E-state index in [1.54, 1.807) is 0 Å². The molecule has 108 valence electrons. The van der Waals surface area contributed by atoms with Crippen LogP contribution in [-0.4, -0.2) is 40.5 Å². The van der Waals surface area contributed by atoms with Gasteiger partial charge in [0.05, 0.1) is 5.56 Å². The molecule has 4 unspecified atom stereocenters. The largest absolute Gasteiger partial charge is 0.419 e. The summed E-state index contributed by atoms with van der Waals surface area (Å²) >= 11 is 0. The first-order valence-corrected chi connectivity index (χ1v) is 6.76. The second-order valence-corrected chi connectivity index (χ2v) is 6.27. The highest BCUT2D eigenvalue weighted by Gasteiger charge is 2.73. The average Bonchev–Trinajstić information content (AvgIpc) is 2.98. The van der Waals surface area contributed by atoms with Crippen LogP contribution in [0.1, 0.15) is 18.4 Å². The van der Waals surface area contributed by atoms with E-state index in [2.05, 4.69) is 27.2 Å². The first kappa shape index (κ1) is 12.4. The van der Waals surface area contributed by atoms with Crippen LogP contribution in [0.25, 0.3) is 0 Å². The molecule has 4 atom stereocenters. The van der Waals surface area contributed by atoms with Gasteiger partial charge in [-0.1, -0.05) is 0 Å². The summed E-state index contributed by atoms with van der Waals surface area (Å²) in [7, 11) is 2.11. The molecule has 1 spiro atoms. The number of piperidine rings is 1. The van der Waals surface area contributed by atoms with Gasteiger partial charge in [0, 0.05) is 31.0 Å². The van der Waals surface area contributed by atoms with E-state index in [9.17, 15) is 13.2 Å². The van der Waals surface area contributed by atoms with Crippen LogP contribution in [0.4, 0.5) is 19.1 Å². The smallest absolute Gasteiger partial charge is 0.350 e. The minimum Gasteiger partial charge on any atom is -0.350 e. The van der Waals surface area contributed by atoms with E-state index in [1.165, 1.54) is 6.42 Å². The molecule has 2 heterocycles. The third kappa shape index (κ3) is 1.58. The fourth-order valence-corrected chi connectivity index (χ4v) is 4.19. The maximum Gasteiger partial charge on any atom is 0.419 e. The number of likely N-dealkylation sites (N-methyl/N-ethyl adjacent to an activating group) is 1. The summed E-state index contributed by atoms with van der Waals surface area (Å²) in [5.41, 5.74) is -0.327. The Kier molecular flexibility index (Phi) is 2.25. The van der Waals surface area contributed by atoms with E-state index in [-0.39, 0.29) is 12.0 Å². The van der Waals surface area contributed by atoms with Crippen molar-refractivity contribution in [3.63, 3.8) is 0 Å². The van der Waals surface area contributed by atoms with Gasteiger partial charge in [0.15, 0.2) is 0 Å². The Balaban J connectivity index is 1.45. The molecule has 4 rings (SSSR count). The average molecular weight is 284 g/mol. The van der Waals surface area contributed by atoms with Gasteiger partial charge in [-0.15, -0.1) is 0 Å². The normalized spacial score (nSPS) is 38.9. The first-order chi connectivity index (χ1) is 9.40. The number of likely N-dealkylation sites (tertiary alicyclic amines) is 1. The molecule has 1 N–H and O–H groups in total. The topological polar surface area (TPSA) is 41.0 Å². The van der Waals surface area contributed by atoms with Crippen molar-refractivity contribution in [3.05, 3.63) is 18.0 Å². The van der Waals surface area contributed by atoms with Crippen LogP contribution in [0.3, 0.4) is 0 Å². The third-order valence-electron chi connectivity index (χ3n) is 5.13. The Labute approximate surface area is 114 Å². The summed E-state index contributed by atoms with van der Waals surface area (Å²) in [6, 6.07) is 0.739. The van der Waals surface area contributed by atoms with Crippen LogP contribution in [-0.2, 0) is 6.18 Å². The number of hydrogen-bond acceptors (Lipinski definition) is 4. The Morgan fingerprint density at radius 1 is 1.30 bits per heavy atom. The molecule has 0 bridgehead atoms. The fourth-order valence-electron chi connectivity index (χ4n) is 4.19. The van der Waals surface area contributed by atoms with Gasteiger partial charge in [-0.2, -0.15) is 13.2 Å². The number of alkyl halides is 3. The SMILES string of the molecule is CN1CC2CC23CC(Nc2ncc(C(F)(F)F)cn2)C13. The highest BCUT2D eigenvalue weighted by Crippen LogP contribution is 2.71. The van der Waals surface area contributed by atoms with Crippen molar-refractivity contribution in [2.45, 2.75) is 31.1 Å². The zero-order valence-corrected chi connectivity index (χ0v) is 11.0. The van der Waals surface area contributed by atoms with Gasteiger partial charge in [0.1, 0.15) is 0 Å². The molecule has 4 nitrogen and oxygen atoms in total. The number of nitrogens with one attached hydrogen (secondary N) is 1. The van der Waals surface area contributed by atoms with Gasteiger partial charge in [-0.05, 0) is 31.2 Å². The molecular formula is C13H15F3N4. The van der Waals surface area contributed by atoms with Crippen LogP contribution in [0, 0.1) is 11.3 Å². The molecule has 2 aliphatic carbocycles. The zero-order valence-electron chi connectivity index (χ0n) is 11.0. The van der Waals surface area contributed by atoms with Crippen molar-refractivity contribution >= 4 is 5.95 Å². The molecule has 0 aromatic carbocycles. The Morgan fingerprint density at radius 2 is 2.00 bits per heavy atom. The summed E-state index contributed by atoms with van der Waals surface area (Å²) in [4.78, 5) is 9.91. The van der Waals surface area contributed by atoms with Crippen LogP contribution in [0.5, 0.6) is 0 Å². The van der Waals surface area contributed by atoms with Crippen LogP contribution >= 0.6 is 0 Å². The molecule has 1 aromatic rings. The minimum atomic E-state index is -4.38. The summed E-state index contributed by atoms with van der Waals surface area (Å²) < 4.78 is 37.3. The molecule has 20 heavy (non-hydrogen) atoms. The summed E-state index contributed by atoms with van der Waals surface area (Å²) in [5.74, 6) is 1.11. The van der Waals surface area contributed by atoms with Crippen molar-refractivity contribution in [2.75, 3.05) is 18.9 Å². The van der Waals surface area contributed by atoms with E-state index in [4.69, 9.17) is 0 Å². The van der Waals surface area contributed by atoms with Gasteiger partial charge >= 0.3 is 6.18 Å². The number of hydrogen-bond donors (Lipinski definition) is 1. The summed E-state index contributed by atoms with van der Waals surface area (Å²) in [5, 5.41) is 3.18. The molecule has 2 saturated carbocycles. The Hall–Kier alpha value is -1.37. The zero-order chi connectivity index (χ0) is 14.1.